The van der Waals surface area contributed by atoms with Crippen LogP contribution in [0.1, 0.15) is 21.8 Å². The number of carboxylic acids is 1. The standard InChI is InChI=1S/C10H10ClNO2/c11-9-2-1-6(10(13)14)3-8(9)7-4-12-5-7/h1-3,7,12H,4-5H2,(H,13,14). The fourth-order valence-corrected chi connectivity index (χ4v) is 1.77. The van der Waals surface area contributed by atoms with E-state index < -0.39 is 5.97 Å². The van der Waals surface area contributed by atoms with Gasteiger partial charge in [0.25, 0.3) is 0 Å². The van der Waals surface area contributed by atoms with Gasteiger partial charge in [-0.15, -0.1) is 0 Å². The molecule has 1 aliphatic rings. The molecule has 1 heterocycles. The zero-order chi connectivity index (χ0) is 10.1. The van der Waals surface area contributed by atoms with E-state index in [9.17, 15) is 4.79 Å². The molecular formula is C10H10ClNO2. The van der Waals surface area contributed by atoms with Crippen LogP contribution in [-0.4, -0.2) is 24.2 Å². The van der Waals surface area contributed by atoms with Gasteiger partial charge in [-0.05, 0) is 23.8 Å². The summed E-state index contributed by atoms with van der Waals surface area (Å²) in [6.07, 6.45) is 0. The molecule has 1 fully saturated rings. The van der Waals surface area contributed by atoms with Crippen molar-refractivity contribution in [2.75, 3.05) is 13.1 Å². The molecule has 1 saturated heterocycles. The Morgan fingerprint density at radius 3 is 2.71 bits per heavy atom. The van der Waals surface area contributed by atoms with E-state index >= 15 is 0 Å². The fraction of sp³-hybridized carbons (Fsp3) is 0.300. The SMILES string of the molecule is O=C(O)c1ccc(Cl)c(C2CNC2)c1. The zero-order valence-corrected chi connectivity index (χ0v) is 8.21. The summed E-state index contributed by atoms with van der Waals surface area (Å²) in [6.45, 7) is 1.76. The second kappa shape index (κ2) is 3.59. The Kier molecular flexibility index (Phi) is 2.44. The average molecular weight is 212 g/mol. The van der Waals surface area contributed by atoms with Gasteiger partial charge in [-0.25, -0.2) is 4.79 Å². The lowest BCUT2D eigenvalue weighted by Crippen LogP contribution is -2.40. The Hall–Kier alpha value is -1.06. The van der Waals surface area contributed by atoms with E-state index in [2.05, 4.69) is 5.32 Å². The van der Waals surface area contributed by atoms with Gasteiger partial charge in [-0.3, -0.25) is 0 Å². The number of hydrogen-bond acceptors (Lipinski definition) is 2. The van der Waals surface area contributed by atoms with Crippen LogP contribution in [0.2, 0.25) is 5.02 Å². The Morgan fingerprint density at radius 1 is 1.50 bits per heavy atom. The first-order valence-corrected chi connectivity index (χ1v) is 4.79. The maximum Gasteiger partial charge on any atom is 0.335 e. The average Bonchev–Trinajstić information content (AvgIpc) is 2.05. The molecule has 14 heavy (non-hydrogen) atoms. The smallest absolute Gasteiger partial charge is 0.335 e. The zero-order valence-electron chi connectivity index (χ0n) is 7.46. The second-order valence-electron chi connectivity index (χ2n) is 3.40. The van der Waals surface area contributed by atoms with Crippen LogP contribution in [0.3, 0.4) is 0 Å². The number of aromatic carboxylic acids is 1. The Bertz CT molecular complexity index is 374. The van der Waals surface area contributed by atoms with Crippen molar-refractivity contribution in [1.29, 1.82) is 0 Å². The predicted octanol–water partition coefficient (Wildman–Crippen LogP) is 1.72. The Morgan fingerprint density at radius 2 is 2.21 bits per heavy atom. The maximum absolute atomic E-state index is 10.7. The molecule has 0 spiro atoms. The van der Waals surface area contributed by atoms with E-state index in [0.29, 0.717) is 16.5 Å². The maximum atomic E-state index is 10.7. The van der Waals surface area contributed by atoms with Gasteiger partial charge in [0.15, 0.2) is 0 Å². The Balaban J connectivity index is 2.36. The molecule has 4 heteroatoms. The Labute approximate surface area is 86.7 Å². The number of carboxylic acid groups (broad SMARTS) is 1. The minimum absolute atomic E-state index is 0.302. The first-order chi connectivity index (χ1) is 6.68. The van der Waals surface area contributed by atoms with Crippen LogP contribution in [0, 0.1) is 0 Å². The fourth-order valence-electron chi connectivity index (χ4n) is 1.50. The van der Waals surface area contributed by atoms with Crippen molar-refractivity contribution in [2.24, 2.45) is 0 Å². The van der Waals surface area contributed by atoms with Crippen molar-refractivity contribution in [3.63, 3.8) is 0 Å². The molecule has 0 aliphatic carbocycles. The van der Waals surface area contributed by atoms with Gasteiger partial charge in [0.1, 0.15) is 0 Å². The monoisotopic (exact) mass is 211 g/mol. The number of benzene rings is 1. The van der Waals surface area contributed by atoms with E-state index in [1.807, 2.05) is 0 Å². The van der Waals surface area contributed by atoms with Crippen LogP contribution >= 0.6 is 11.6 Å². The summed E-state index contributed by atoms with van der Waals surface area (Å²) in [5, 5.41) is 12.6. The third-order valence-corrected chi connectivity index (χ3v) is 2.81. The third-order valence-electron chi connectivity index (χ3n) is 2.46. The second-order valence-corrected chi connectivity index (χ2v) is 3.80. The molecule has 3 nitrogen and oxygen atoms in total. The third kappa shape index (κ3) is 1.61. The summed E-state index contributed by atoms with van der Waals surface area (Å²) < 4.78 is 0. The first-order valence-electron chi connectivity index (χ1n) is 4.42. The number of carbonyl (C=O) groups is 1. The summed E-state index contributed by atoms with van der Waals surface area (Å²) in [5.74, 6) is -0.544. The molecule has 1 aliphatic heterocycles. The normalized spacial score (nSPS) is 16.4. The van der Waals surface area contributed by atoms with Gasteiger partial charge in [-0.1, -0.05) is 11.6 Å². The minimum atomic E-state index is -0.907. The van der Waals surface area contributed by atoms with Crippen molar-refractivity contribution in [2.45, 2.75) is 5.92 Å². The van der Waals surface area contributed by atoms with Gasteiger partial charge in [0.05, 0.1) is 5.56 Å². The number of hydrogen-bond donors (Lipinski definition) is 2. The summed E-state index contributed by atoms with van der Waals surface area (Å²) in [6, 6.07) is 4.84. The molecule has 0 bridgehead atoms. The molecule has 0 amide bonds. The van der Waals surface area contributed by atoms with E-state index in [1.165, 1.54) is 6.07 Å². The topological polar surface area (TPSA) is 49.3 Å². The number of rotatable bonds is 2. The van der Waals surface area contributed by atoms with Gasteiger partial charge in [0, 0.05) is 24.0 Å². The van der Waals surface area contributed by atoms with Gasteiger partial charge < -0.3 is 10.4 Å². The molecular weight excluding hydrogens is 202 g/mol. The van der Waals surface area contributed by atoms with E-state index in [-0.39, 0.29) is 0 Å². The molecule has 1 aromatic rings. The summed E-state index contributed by atoms with van der Waals surface area (Å²) in [5.41, 5.74) is 1.24. The molecule has 2 N–H and O–H groups in total. The summed E-state index contributed by atoms with van der Waals surface area (Å²) >= 11 is 5.99. The van der Waals surface area contributed by atoms with E-state index in [4.69, 9.17) is 16.7 Å². The number of halogens is 1. The largest absolute Gasteiger partial charge is 0.478 e. The molecule has 2 rings (SSSR count). The van der Waals surface area contributed by atoms with Crippen LogP contribution in [0.4, 0.5) is 0 Å². The van der Waals surface area contributed by atoms with Crippen LogP contribution in [0.15, 0.2) is 18.2 Å². The lowest BCUT2D eigenvalue weighted by Gasteiger charge is -2.28. The van der Waals surface area contributed by atoms with Crippen molar-refractivity contribution in [3.05, 3.63) is 34.3 Å². The van der Waals surface area contributed by atoms with Crippen LogP contribution in [-0.2, 0) is 0 Å². The highest BCUT2D eigenvalue weighted by Crippen LogP contribution is 2.28. The lowest BCUT2D eigenvalue weighted by molar-refractivity contribution is 0.0696. The molecule has 74 valence electrons. The highest BCUT2D eigenvalue weighted by Gasteiger charge is 2.22. The molecule has 0 atom stereocenters. The van der Waals surface area contributed by atoms with E-state index in [0.717, 1.165) is 18.7 Å². The van der Waals surface area contributed by atoms with Gasteiger partial charge in [0.2, 0.25) is 0 Å². The summed E-state index contributed by atoms with van der Waals surface area (Å²) in [7, 11) is 0. The minimum Gasteiger partial charge on any atom is -0.478 e. The molecule has 0 radical (unpaired) electrons. The predicted molar refractivity (Wildman–Crippen MR) is 54.0 cm³/mol. The van der Waals surface area contributed by atoms with Gasteiger partial charge >= 0.3 is 5.97 Å². The quantitative estimate of drug-likeness (QED) is 0.783. The van der Waals surface area contributed by atoms with Crippen LogP contribution in [0.5, 0.6) is 0 Å². The van der Waals surface area contributed by atoms with Crippen LogP contribution in [0.25, 0.3) is 0 Å². The molecule has 0 aromatic heterocycles. The summed E-state index contributed by atoms with van der Waals surface area (Å²) in [4.78, 5) is 10.7. The van der Waals surface area contributed by atoms with Crippen molar-refractivity contribution < 1.29 is 9.90 Å². The van der Waals surface area contributed by atoms with E-state index in [1.54, 1.807) is 12.1 Å². The highest BCUT2D eigenvalue weighted by molar-refractivity contribution is 6.31. The number of nitrogens with one attached hydrogen (secondary N) is 1. The molecule has 0 saturated carbocycles. The van der Waals surface area contributed by atoms with Crippen molar-refractivity contribution >= 4 is 17.6 Å². The van der Waals surface area contributed by atoms with Crippen LogP contribution < -0.4 is 5.32 Å². The van der Waals surface area contributed by atoms with Crippen molar-refractivity contribution in [1.82, 2.24) is 5.32 Å². The lowest BCUT2D eigenvalue weighted by atomic mass is 9.92. The highest BCUT2D eigenvalue weighted by atomic mass is 35.5. The van der Waals surface area contributed by atoms with Gasteiger partial charge in [-0.2, -0.15) is 0 Å². The van der Waals surface area contributed by atoms with Crippen molar-refractivity contribution in [3.8, 4) is 0 Å². The molecule has 0 unspecified atom stereocenters. The molecule has 1 aromatic carbocycles. The first kappa shape index (κ1) is 9.49.